The van der Waals surface area contributed by atoms with E-state index in [0.29, 0.717) is 12.6 Å². The Labute approximate surface area is 83.4 Å². The third kappa shape index (κ3) is 1.75. The summed E-state index contributed by atoms with van der Waals surface area (Å²) in [6, 6.07) is 5.96. The average molecular weight is 193 g/mol. The molecule has 1 aliphatic heterocycles. The number of likely N-dealkylation sites (N-methyl/N-ethyl adjacent to an activating group) is 1. The molecule has 1 aromatic carbocycles. The van der Waals surface area contributed by atoms with Crippen LogP contribution < -0.4 is 21.1 Å². The van der Waals surface area contributed by atoms with Crippen molar-refractivity contribution in [3.8, 4) is 5.75 Å². The van der Waals surface area contributed by atoms with E-state index < -0.39 is 0 Å². The van der Waals surface area contributed by atoms with Gasteiger partial charge in [0, 0.05) is 12.2 Å². The molecule has 1 heterocycles. The van der Waals surface area contributed by atoms with Crippen LogP contribution in [0, 0.1) is 0 Å². The number of hydrogen-bond donors (Lipinski definition) is 3. The number of nitrogens with one attached hydrogen (secondary N) is 2. The Morgan fingerprint density at radius 1 is 1.64 bits per heavy atom. The lowest BCUT2D eigenvalue weighted by Crippen LogP contribution is -2.38. The quantitative estimate of drug-likeness (QED) is 0.604. The molecule has 1 atom stereocenters. The summed E-state index contributed by atoms with van der Waals surface area (Å²) >= 11 is 0. The minimum atomic E-state index is 0.314. The van der Waals surface area contributed by atoms with Gasteiger partial charge in [-0.15, -0.1) is 0 Å². The van der Waals surface area contributed by atoms with E-state index in [2.05, 4.69) is 10.6 Å². The zero-order valence-corrected chi connectivity index (χ0v) is 8.21. The first-order valence-electron chi connectivity index (χ1n) is 4.73. The summed E-state index contributed by atoms with van der Waals surface area (Å²) in [6.45, 7) is 1.58. The number of fused-ring (bicyclic) bond motifs is 1. The van der Waals surface area contributed by atoms with E-state index in [-0.39, 0.29) is 0 Å². The van der Waals surface area contributed by atoms with Gasteiger partial charge < -0.3 is 21.1 Å². The number of benzene rings is 1. The van der Waals surface area contributed by atoms with Crippen LogP contribution in [0.15, 0.2) is 18.2 Å². The topological polar surface area (TPSA) is 59.3 Å². The summed E-state index contributed by atoms with van der Waals surface area (Å²) in [5.41, 5.74) is 7.43. The lowest BCUT2D eigenvalue weighted by Gasteiger charge is -2.27. The predicted octanol–water partition coefficient (Wildman–Crippen LogP) is 0.661. The number of nitrogens with two attached hydrogens (primary N) is 1. The van der Waals surface area contributed by atoms with Crippen LogP contribution in [0.3, 0.4) is 0 Å². The summed E-state index contributed by atoms with van der Waals surface area (Å²) in [5.74, 6) is 0.881. The van der Waals surface area contributed by atoms with Crippen LogP contribution in [0.4, 0.5) is 11.4 Å². The van der Waals surface area contributed by atoms with Gasteiger partial charge in [0.2, 0.25) is 0 Å². The SMILES string of the molecule is CNCC1COc2ccc(N)cc2N1. The van der Waals surface area contributed by atoms with E-state index in [1.165, 1.54) is 0 Å². The van der Waals surface area contributed by atoms with Gasteiger partial charge in [-0.2, -0.15) is 0 Å². The number of nitrogen functional groups attached to an aromatic ring is 1. The van der Waals surface area contributed by atoms with Gasteiger partial charge >= 0.3 is 0 Å². The van der Waals surface area contributed by atoms with E-state index in [0.717, 1.165) is 23.7 Å². The molecule has 0 fully saturated rings. The van der Waals surface area contributed by atoms with Gasteiger partial charge in [0.05, 0.1) is 11.7 Å². The molecule has 0 radical (unpaired) electrons. The van der Waals surface area contributed by atoms with Gasteiger partial charge in [0.1, 0.15) is 12.4 Å². The fourth-order valence-corrected chi connectivity index (χ4v) is 1.59. The highest BCUT2D eigenvalue weighted by molar-refractivity contribution is 5.64. The molecule has 0 aliphatic carbocycles. The summed E-state index contributed by atoms with van der Waals surface area (Å²) in [7, 11) is 1.93. The Bertz CT molecular complexity index is 327. The van der Waals surface area contributed by atoms with Crippen molar-refractivity contribution in [2.75, 3.05) is 31.2 Å². The Morgan fingerprint density at radius 2 is 2.50 bits per heavy atom. The third-order valence-corrected chi connectivity index (χ3v) is 2.25. The molecule has 2 rings (SSSR count). The average Bonchev–Trinajstić information content (AvgIpc) is 2.17. The van der Waals surface area contributed by atoms with E-state index >= 15 is 0 Å². The molecule has 1 aliphatic rings. The van der Waals surface area contributed by atoms with Crippen LogP contribution in [-0.2, 0) is 0 Å². The van der Waals surface area contributed by atoms with Crippen molar-refractivity contribution in [1.82, 2.24) is 5.32 Å². The molecule has 0 saturated heterocycles. The number of ether oxygens (including phenoxy) is 1. The lowest BCUT2D eigenvalue weighted by molar-refractivity contribution is 0.282. The smallest absolute Gasteiger partial charge is 0.142 e. The van der Waals surface area contributed by atoms with Crippen molar-refractivity contribution in [3.05, 3.63) is 18.2 Å². The van der Waals surface area contributed by atoms with Crippen molar-refractivity contribution in [2.24, 2.45) is 0 Å². The van der Waals surface area contributed by atoms with Crippen LogP contribution in [-0.4, -0.2) is 26.2 Å². The molecule has 4 heteroatoms. The zero-order chi connectivity index (χ0) is 9.97. The standard InChI is InChI=1S/C10H15N3O/c1-12-5-8-6-14-10-3-2-7(11)4-9(10)13-8/h2-4,8,12-13H,5-6,11H2,1H3. The molecule has 0 saturated carbocycles. The fraction of sp³-hybridized carbons (Fsp3) is 0.400. The van der Waals surface area contributed by atoms with E-state index in [1.807, 2.05) is 25.2 Å². The molecule has 1 aromatic rings. The van der Waals surface area contributed by atoms with Crippen LogP contribution in [0.25, 0.3) is 0 Å². The van der Waals surface area contributed by atoms with Gasteiger partial charge in [-0.05, 0) is 25.2 Å². The molecule has 0 aromatic heterocycles. The van der Waals surface area contributed by atoms with Crippen molar-refractivity contribution >= 4 is 11.4 Å². The van der Waals surface area contributed by atoms with Crippen molar-refractivity contribution < 1.29 is 4.74 Å². The molecule has 0 amide bonds. The second-order valence-corrected chi connectivity index (χ2v) is 3.47. The monoisotopic (exact) mass is 193 g/mol. The molecule has 0 bridgehead atoms. The third-order valence-electron chi connectivity index (χ3n) is 2.25. The first-order chi connectivity index (χ1) is 6.79. The molecule has 14 heavy (non-hydrogen) atoms. The first-order valence-corrected chi connectivity index (χ1v) is 4.73. The van der Waals surface area contributed by atoms with E-state index in [4.69, 9.17) is 10.5 Å². The second-order valence-electron chi connectivity index (χ2n) is 3.47. The second kappa shape index (κ2) is 3.75. The minimum absolute atomic E-state index is 0.314. The van der Waals surface area contributed by atoms with E-state index in [9.17, 15) is 0 Å². The Balaban J connectivity index is 2.16. The van der Waals surface area contributed by atoms with E-state index in [1.54, 1.807) is 0 Å². The Morgan fingerprint density at radius 3 is 3.29 bits per heavy atom. The molecule has 76 valence electrons. The van der Waals surface area contributed by atoms with Gasteiger partial charge in [-0.3, -0.25) is 0 Å². The van der Waals surface area contributed by atoms with Crippen LogP contribution in [0.5, 0.6) is 5.75 Å². The van der Waals surface area contributed by atoms with Crippen molar-refractivity contribution in [1.29, 1.82) is 0 Å². The predicted molar refractivity (Wildman–Crippen MR) is 57.7 cm³/mol. The molecular formula is C10H15N3O. The number of hydrogen-bond acceptors (Lipinski definition) is 4. The normalized spacial score (nSPS) is 19.4. The van der Waals surface area contributed by atoms with Crippen LogP contribution >= 0.6 is 0 Å². The zero-order valence-electron chi connectivity index (χ0n) is 8.21. The maximum Gasteiger partial charge on any atom is 0.142 e. The largest absolute Gasteiger partial charge is 0.489 e. The highest BCUT2D eigenvalue weighted by atomic mass is 16.5. The van der Waals surface area contributed by atoms with Gasteiger partial charge in [-0.25, -0.2) is 0 Å². The molecule has 0 spiro atoms. The van der Waals surface area contributed by atoms with Crippen molar-refractivity contribution in [2.45, 2.75) is 6.04 Å². The summed E-state index contributed by atoms with van der Waals surface area (Å²) in [6.07, 6.45) is 0. The lowest BCUT2D eigenvalue weighted by atomic mass is 10.2. The molecule has 1 unspecified atom stereocenters. The van der Waals surface area contributed by atoms with Gasteiger partial charge in [-0.1, -0.05) is 0 Å². The van der Waals surface area contributed by atoms with Gasteiger partial charge in [0.25, 0.3) is 0 Å². The molecule has 4 nitrogen and oxygen atoms in total. The summed E-state index contributed by atoms with van der Waals surface area (Å²) in [4.78, 5) is 0. The first kappa shape index (κ1) is 9.15. The minimum Gasteiger partial charge on any atom is -0.489 e. The summed E-state index contributed by atoms with van der Waals surface area (Å²) in [5, 5.41) is 6.48. The van der Waals surface area contributed by atoms with Crippen LogP contribution in [0.1, 0.15) is 0 Å². The fourth-order valence-electron chi connectivity index (χ4n) is 1.59. The molecular weight excluding hydrogens is 178 g/mol. The maximum atomic E-state index is 5.69. The Hall–Kier alpha value is -1.42. The Kier molecular flexibility index (Phi) is 2.45. The van der Waals surface area contributed by atoms with Gasteiger partial charge in [0.15, 0.2) is 0 Å². The number of anilines is 2. The number of rotatable bonds is 2. The maximum absolute atomic E-state index is 5.69. The summed E-state index contributed by atoms with van der Waals surface area (Å²) < 4.78 is 5.59. The van der Waals surface area contributed by atoms with Crippen molar-refractivity contribution in [3.63, 3.8) is 0 Å². The highest BCUT2D eigenvalue weighted by Gasteiger charge is 2.17. The van der Waals surface area contributed by atoms with Crippen LogP contribution in [0.2, 0.25) is 0 Å². The highest BCUT2D eigenvalue weighted by Crippen LogP contribution is 2.30. The molecule has 4 N–H and O–H groups in total.